The van der Waals surface area contributed by atoms with Crippen molar-refractivity contribution in [2.75, 3.05) is 10.6 Å². The molecule has 2 aromatic carbocycles. The lowest BCUT2D eigenvalue weighted by Gasteiger charge is -2.12. The van der Waals surface area contributed by atoms with Gasteiger partial charge in [0.25, 0.3) is 11.4 Å². The number of benzene rings is 2. The normalized spacial score (nSPS) is 11.0. The Kier molecular flexibility index (Phi) is 5.81. The number of nitrogens with zero attached hydrogens (tertiary/aromatic N) is 2. The first-order chi connectivity index (χ1) is 13.0. The molecule has 0 atom stereocenters. The van der Waals surface area contributed by atoms with E-state index in [0.29, 0.717) is 11.3 Å². The van der Waals surface area contributed by atoms with Gasteiger partial charge < -0.3 is 10.6 Å². The van der Waals surface area contributed by atoms with Crippen molar-refractivity contribution in [2.45, 2.75) is 19.6 Å². The van der Waals surface area contributed by atoms with Crippen LogP contribution in [-0.4, -0.2) is 15.8 Å². The lowest BCUT2D eigenvalue weighted by Crippen LogP contribution is -2.11. The Balaban J connectivity index is 2.37. The molecular weight excluding hydrogens is 385 g/mol. The molecule has 9 nitrogen and oxygen atoms in total. The minimum Gasteiger partial charge on any atom is -0.370 e. The smallest absolute Gasteiger partial charge is 0.370 e. The second-order valence-electron chi connectivity index (χ2n) is 5.63. The van der Waals surface area contributed by atoms with Crippen molar-refractivity contribution < 1.29 is 27.8 Å². The lowest BCUT2D eigenvalue weighted by atomic mass is 10.1. The Morgan fingerprint density at radius 2 is 1.54 bits per heavy atom. The standard InChI is InChI=1S/C16H13F3N4O5/c1-9(24)21-12-4-2-10(3-5-12)8-20-15-13(22(25)26)6-11(16(17,18)19)7-14(15)23(27)28/h2-7,20H,8H2,1H3,(H,21,24). The summed E-state index contributed by atoms with van der Waals surface area (Å²) in [4.78, 5) is 31.1. The van der Waals surface area contributed by atoms with E-state index in [0.717, 1.165) is 0 Å². The second kappa shape index (κ2) is 7.90. The number of amides is 1. The quantitative estimate of drug-likeness (QED) is 0.557. The number of alkyl halides is 3. The highest BCUT2D eigenvalue weighted by Crippen LogP contribution is 2.41. The predicted octanol–water partition coefficient (Wildman–Crippen LogP) is 4.09. The first-order valence-electron chi connectivity index (χ1n) is 7.63. The third kappa shape index (κ3) is 4.93. The molecular formula is C16H13F3N4O5. The molecule has 0 radical (unpaired) electrons. The van der Waals surface area contributed by atoms with Crippen LogP contribution >= 0.6 is 0 Å². The molecule has 0 aromatic heterocycles. The summed E-state index contributed by atoms with van der Waals surface area (Å²) in [5, 5.41) is 27.3. The molecule has 0 unspecified atom stereocenters. The molecule has 28 heavy (non-hydrogen) atoms. The van der Waals surface area contributed by atoms with Crippen LogP contribution in [0.1, 0.15) is 18.1 Å². The summed E-state index contributed by atoms with van der Waals surface area (Å²) in [6, 6.07) is 6.65. The van der Waals surface area contributed by atoms with E-state index < -0.39 is 38.6 Å². The van der Waals surface area contributed by atoms with Crippen LogP contribution in [0.2, 0.25) is 0 Å². The van der Waals surface area contributed by atoms with Gasteiger partial charge in [-0.25, -0.2) is 0 Å². The molecule has 12 heteroatoms. The molecule has 0 aliphatic carbocycles. The second-order valence-corrected chi connectivity index (χ2v) is 5.63. The van der Waals surface area contributed by atoms with Gasteiger partial charge in [0, 0.05) is 31.3 Å². The van der Waals surface area contributed by atoms with E-state index in [2.05, 4.69) is 10.6 Å². The third-order valence-corrected chi connectivity index (χ3v) is 3.56. The van der Waals surface area contributed by atoms with Crippen molar-refractivity contribution in [3.8, 4) is 0 Å². The molecule has 148 valence electrons. The maximum Gasteiger partial charge on any atom is 0.416 e. The van der Waals surface area contributed by atoms with E-state index in [1.165, 1.54) is 19.1 Å². The van der Waals surface area contributed by atoms with Crippen LogP contribution in [-0.2, 0) is 17.5 Å². The molecule has 0 aliphatic rings. The van der Waals surface area contributed by atoms with Gasteiger partial charge in [-0.1, -0.05) is 12.1 Å². The van der Waals surface area contributed by atoms with Crippen LogP contribution < -0.4 is 10.6 Å². The maximum absolute atomic E-state index is 12.9. The molecule has 0 fully saturated rings. The third-order valence-electron chi connectivity index (χ3n) is 3.56. The van der Waals surface area contributed by atoms with E-state index in [-0.39, 0.29) is 24.6 Å². The Morgan fingerprint density at radius 3 is 1.93 bits per heavy atom. The zero-order valence-corrected chi connectivity index (χ0v) is 14.2. The summed E-state index contributed by atoms with van der Waals surface area (Å²) in [6.07, 6.45) is -4.98. The molecule has 2 rings (SSSR count). The molecule has 0 heterocycles. The lowest BCUT2D eigenvalue weighted by molar-refractivity contribution is -0.392. The van der Waals surface area contributed by atoms with Gasteiger partial charge in [0.15, 0.2) is 5.69 Å². The van der Waals surface area contributed by atoms with Gasteiger partial charge >= 0.3 is 6.18 Å². The average molecular weight is 398 g/mol. The molecule has 2 N–H and O–H groups in total. The van der Waals surface area contributed by atoms with Gasteiger partial charge in [-0.15, -0.1) is 0 Å². The minimum atomic E-state index is -4.98. The number of halogens is 3. The molecule has 0 aliphatic heterocycles. The van der Waals surface area contributed by atoms with Crippen LogP contribution in [0.4, 0.5) is 35.9 Å². The summed E-state index contributed by atoms with van der Waals surface area (Å²) in [6.45, 7) is 1.19. The minimum absolute atomic E-state index is 0.132. The van der Waals surface area contributed by atoms with Crippen molar-refractivity contribution in [3.05, 3.63) is 67.8 Å². The molecule has 1 amide bonds. The molecule has 0 saturated carbocycles. The monoisotopic (exact) mass is 398 g/mol. The zero-order valence-electron chi connectivity index (χ0n) is 14.2. The summed E-state index contributed by atoms with van der Waals surface area (Å²) >= 11 is 0. The van der Waals surface area contributed by atoms with Gasteiger partial charge in [-0.3, -0.25) is 25.0 Å². The Bertz CT molecular complexity index is 894. The highest BCUT2D eigenvalue weighted by atomic mass is 19.4. The number of carbonyl (C=O) groups excluding carboxylic acids is 1. The van der Waals surface area contributed by atoms with Gasteiger partial charge in [-0.05, 0) is 17.7 Å². The summed E-state index contributed by atoms with van der Waals surface area (Å²) in [5.41, 5.74) is -3.22. The van der Waals surface area contributed by atoms with Gasteiger partial charge in [0.1, 0.15) is 0 Å². The van der Waals surface area contributed by atoms with Crippen LogP contribution in [0, 0.1) is 20.2 Å². The number of hydrogen-bond acceptors (Lipinski definition) is 6. The largest absolute Gasteiger partial charge is 0.416 e. The molecule has 2 aromatic rings. The number of rotatable bonds is 6. The predicted molar refractivity (Wildman–Crippen MR) is 92.8 cm³/mol. The first kappa shape index (κ1) is 20.6. The van der Waals surface area contributed by atoms with Gasteiger partial charge in [0.2, 0.25) is 5.91 Å². The number of nitro groups is 2. The average Bonchev–Trinajstić information content (AvgIpc) is 2.58. The van der Waals surface area contributed by atoms with E-state index in [1.807, 2.05) is 0 Å². The Hall–Kier alpha value is -3.70. The van der Waals surface area contributed by atoms with Crippen LogP contribution in [0.5, 0.6) is 0 Å². The number of hydrogen-bond donors (Lipinski definition) is 2. The Morgan fingerprint density at radius 1 is 1.04 bits per heavy atom. The topological polar surface area (TPSA) is 127 Å². The van der Waals surface area contributed by atoms with Gasteiger partial charge in [0.05, 0.1) is 15.4 Å². The van der Waals surface area contributed by atoms with Crippen molar-refractivity contribution in [3.63, 3.8) is 0 Å². The van der Waals surface area contributed by atoms with Crippen molar-refractivity contribution in [1.82, 2.24) is 0 Å². The summed E-state index contributed by atoms with van der Waals surface area (Å²) < 4.78 is 38.7. The number of anilines is 2. The summed E-state index contributed by atoms with van der Waals surface area (Å²) in [7, 11) is 0. The van der Waals surface area contributed by atoms with E-state index in [1.54, 1.807) is 12.1 Å². The maximum atomic E-state index is 12.9. The van der Waals surface area contributed by atoms with Crippen LogP contribution in [0.25, 0.3) is 0 Å². The fourth-order valence-corrected chi connectivity index (χ4v) is 2.34. The number of nitrogens with one attached hydrogen (secondary N) is 2. The highest BCUT2D eigenvalue weighted by Gasteiger charge is 2.37. The van der Waals surface area contributed by atoms with Crippen molar-refractivity contribution >= 4 is 28.7 Å². The van der Waals surface area contributed by atoms with E-state index in [4.69, 9.17) is 0 Å². The molecule has 0 saturated heterocycles. The fourth-order valence-electron chi connectivity index (χ4n) is 2.34. The number of carbonyl (C=O) groups is 1. The van der Waals surface area contributed by atoms with Crippen LogP contribution in [0.3, 0.4) is 0 Å². The van der Waals surface area contributed by atoms with E-state index >= 15 is 0 Å². The van der Waals surface area contributed by atoms with Crippen LogP contribution in [0.15, 0.2) is 36.4 Å². The van der Waals surface area contributed by atoms with Crippen molar-refractivity contribution in [2.24, 2.45) is 0 Å². The van der Waals surface area contributed by atoms with Gasteiger partial charge in [-0.2, -0.15) is 13.2 Å². The van der Waals surface area contributed by atoms with Crippen molar-refractivity contribution in [1.29, 1.82) is 0 Å². The SMILES string of the molecule is CC(=O)Nc1ccc(CNc2c([N+](=O)[O-])cc(C(F)(F)F)cc2[N+](=O)[O-])cc1. The zero-order chi connectivity index (χ0) is 21.1. The fraction of sp³-hybridized carbons (Fsp3) is 0.188. The first-order valence-corrected chi connectivity index (χ1v) is 7.63. The molecule has 0 bridgehead atoms. The highest BCUT2D eigenvalue weighted by molar-refractivity contribution is 5.88. The summed E-state index contributed by atoms with van der Waals surface area (Å²) in [5.74, 6) is -0.290. The number of nitro benzene ring substituents is 2. The molecule has 0 spiro atoms. The Labute approximate surface area is 155 Å². The van der Waals surface area contributed by atoms with E-state index in [9.17, 15) is 38.2 Å².